The monoisotopic (exact) mass is 255 g/mol. The number of fused-ring (bicyclic) bond motifs is 1. The van der Waals surface area contributed by atoms with Crippen molar-refractivity contribution in [3.05, 3.63) is 36.0 Å². The van der Waals surface area contributed by atoms with Crippen molar-refractivity contribution in [3.63, 3.8) is 0 Å². The predicted molar refractivity (Wildman–Crippen MR) is 78.2 cm³/mol. The van der Waals surface area contributed by atoms with Crippen molar-refractivity contribution in [2.45, 2.75) is 44.7 Å². The Morgan fingerprint density at radius 1 is 1.05 bits per heavy atom. The number of nitrogens with zero attached hydrogens (tertiary/aromatic N) is 3. The SMILES string of the molecule is C[C@H]1CC(c2cc3ccccc3nn2)C[C@H](C)N1C. The van der Waals surface area contributed by atoms with Gasteiger partial charge in [-0.3, -0.25) is 0 Å². The summed E-state index contributed by atoms with van der Waals surface area (Å²) in [5.74, 6) is 0.540. The molecule has 1 aromatic heterocycles. The zero-order valence-corrected chi connectivity index (χ0v) is 11.9. The maximum absolute atomic E-state index is 4.46. The molecule has 19 heavy (non-hydrogen) atoms. The van der Waals surface area contributed by atoms with Crippen LogP contribution in [-0.4, -0.2) is 34.2 Å². The first kappa shape index (κ1) is 12.5. The number of hydrogen-bond donors (Lipinski definition) is 0. The first-order chi connectivity index (χ1) is 9.15. The van der Waals surface area contributed by atoms with Gasteiger partial charge in [0.2, 0.25) is 0 Å². The van der Waals surface area contributed by atoms with Crippen LogP contribution in [0.25, 0.3) is 10.9 Å². The third-order valence-corrected chi connectivity index (χ3v) is 4.57. The summed E-state index contributed by atoms with van der Waals surface area (Å²) in [6, 6.07) is 11.7. The highest BCUT2D eigenvalue weighted by atomic mass is 15.2. The molecular weight excluding hydrogens is 234 g/mol. The molecule has 2 heterocycles. The van der Waals surface area contributed by atoms with Crippen LogP contribution in [0.3, 0.4) is 0 Å². The molecule has 1 aliphatic rings. The predicted octanol–water partition coefficient (Wildman–Crippen LogP) is 3.22. The zero-order chi connectivity index (χ0) is 13.4. The minimum Gasteiger partial charge on any atom is -0.301 e. The van der Waals surface area contributed by atoms with Crippen LogP contribution in [0.4, 0.5) is 0 Å². The summed E-state index contributed by atoms with van der Waals surface area (Å²) >= 11 is 0. The molecule has 3 heteroatoms. The fourth-order valence-electron chi connectivity index (χ4n) is 3.13. The lowest BCUT2D eigenvalue weighted by Gasteiger charge is -2.40. The van der Waals surface area contributed by atoms with Gasteiger partial charge in [0.25, 0.3) is 0 Å². The van der Waals surface area contributed by atoms with E-state index in [2.05, 4.69) is 54.2 Å². The standard InChI is InChI=1S/C16H21N3/c1-11-8-14(9-12(2)19(11)3)16-10-13-6-4-5-7-15(13)17-18-16/h4-7,10-12,14H,8-9H2,1-3H3/t11-,12-/m0/s1. The highest BCUT2D eigenvalue weighted by Crippen LogP contribution is 2.33. The average molecular weight is 255 g/mol. The number of piperidine rings is 1. The van der Waals surface area contributed by atoms with E-state index in [0.717, 1.165) is 11.2 Å². The van der Waals surface area contributed by atoms with E-state index in [0.29, 0.717) is 18.0 Å². The summed E-state index contributed by atoms with van der Waals surface area (Å²) < 4.78 is 0. The topological polar surface area (TPSA) is 29.0 Å². The Hall–Kier alpha value is -1.48. The van der Waals surface area contributed by atoms with Crippen LogP contribution < -0.4 is 0 Å². The summed E-state index contributed by atoms with van der Waals surface area (Å²) in [6.45, 7) is 4.61. The van der Waals surface area contributed by atoms with Crippen molar-refractivity contribution in [1.82, 2.24) is 15.1 Å². The van der Waals surface area contributed by atoms with Crippen molar-refractivity contribution >= 4 is 10.9 Å². The van der Waals surface area contributed by atoms with Crippen molar-refractivity contribution in [1.29, 1.82) is 0 Å². The highest BCUT2D eigenvalue weighted by Gasteiger charge is 2.30. The molecule has 2 atom stereocenters. The first-order valence-electron chi connectivity index (χ1n) is 7.09. The van der Waals surface area contributed by atoms with Crippen molar-refractivity contribution in [2.75, 3.05) is 7.05 Å². The molecule has 1 fully saturated rings. The maximum atomic E-state index is 4.46. The molecule has 0 amide bonds. The van der Waals surface area contributed by atoms with Gasteiger partial charge >= 0.3 is 0 Å². The lowest BCUT2D eigenvalue weighted by atomic mass is 9.85. The lowest BCUT2D eigenvalue weighted by molar-refractivity contribution is 0.121. The summed E-state index contributed by atoms with van der Waals surface area (Å²) in [6.07, 6.45) is 2.35. The number of benzene rings is 1. The van der Waals surface area contributed by atoms with Gasteiger partial charge in [0.1, 0.15) is 0 Å². The van der Waals surface area contributed by atoms with Crippen molar-refractivity contribution < 1.29 is 0 Å². The Kier molecular flexibility index (Phi) is 3.23. The van der Waals surface area contributed by atoms with E-state index in [-0.39, 0.29) is 0 Å². The molecule has 1 aromatic carbocycles. The van der Waals surface area contributed by atoms with E-state index >= 15 is 0 Å². The summed E-state index contributed by atoms with van der Waals surface area (Å²) in [5.41, 5.74) is 2.14. The van der Waals surface area contributed by atoms with Crippen LogP contribution in [0.5, 0.6) is 0 Å². The van der Waals surface area contributed by atoms with Gasteiger partial charge in [-0.05, 0) is 45.9 Å². The summed E-state index contributed by atoms with van der Waals surface area (Å²) in [4.78, 5) is 2.46. The van der Waals surface area contributed by atoms with Gasteiger partial charge in [-0.2, -0.15) is 10.2 Å². The molecule has 0 N–H and O–H groups in total. The largest absolute Gasteiger partial charge is 0.301 e. The van der Waals surface area contributed by atoms with E-state index in [1.54, 1.807) is 0 Å². The Morgan fingerprint density at radius 3 is 2.47 bits per heavy atom. The van der Waals surface area contributed by atoms with E-state index in [1.807, 2.05) is 12.1 Å². The van der Waals surface area contributed by atoms with Crippen LogP contribution in [0.1, 0.15) is 38.3 Å². The summed E-state index contributed by atoms with van der Waals surface area (Å²) in [5, 5.41) is 10.0. The Bertz CT molecular complexity index is 569. The highest BCUT2D eigenvalue weighted by molar-refractivity contribution is 5.78. The molecule has 0 radical (unpaired) electrons. The second-order valence-electron chi connectivity index (χ2n) is 5.86. The fraction of sp³-hybridized carbons (Fsp3) is 0.500. The van der Waals surface area contributed by atoms with Crippen LogP contribution in [-0.2, 0) is 0 Å². The Labute approximate surface area is 114 Å². The minimum atomic E-state index is 0.540. The molecule has 0 aliphatic carbocycles. The van der Waals surface area contributed by atoms with Crippen molar-refractivity contribution in [3.8, 4) is 0 Å². The van der Waals surface area contributed by atoms with E-state index < -0.39 is 0 Å². The van der Waals surface area contributed by atoms with E-state index in [9.17, 15) is 0 Å². The van der Waals surface area contributed by atoms with Gasteiger partial charge in [-0.15, -0.1) is 0 Å². The zero-order valence-electron chi connectivity index (χ0n) is 11.9. The van der Waals surface area contributed by atoms with Crippen molar-refractivity contribution in [2.24, 2.45) is 0 Å². The fourth-order valence-corrected chi connectivity index (χ4v) is 3.13. The number of aromatic nitrogens is 2. The Balaban J connectivity index is 1.91. The average Bonchev–Trinajstić information content (AvgIpc) is 2.43. The molecule has 0 spiro atoms. The Morgan fingerprint density at radius 2 is 1.74 bits per heavy atom. The molecule has 1 aliphatic heterocycles. The van der Waals surface area contributed by atoms with Gasteiger partial charge in [-0.25, -0.2) is 0 Å². The molecule has 2 aromatic rings. The van der Waals surface area contributed by atoms with Crippen LogP contribution in [0, 0.1) is 0 Å². The quantitative estimate of drug-likeness (QED) is 0.783. The van der Waals surface area contributed by atoms with Crippen LogP contribution >= 0.6 is 0 Å². The molecule has 0 unspecified atom stereocenters. The van der Waals surface area contributed by atoms with Gasteiger partial charge in [0.15, 0.2) is 0 Å². The molecule has 0 bridgehead atoms. The molecular formula is C16H21N3. The number of hydrogen-bond acceptors (Lipinski definition) is 3. The molecule has 3 rings (SSSR count). The maximum Gasteiger partial charge on any atom is 0.0929 e. The van der Waals surface area contributed by atoms with Gasteiger partial charge in [0.05, 0.1) is 11.2 Å². The summed E-state index contributed by atoms with van der Waals surface area (Å²) in [7, 11) is 2.22. The van der Waals surface area contributed by atoms with Gasteiger partial charge in [0, 0.05) is 23.4 Å². The molecule has 0 saturated carbocycles. The third kappa shape index (κ3) is 2.35. The number of likely N-dealkylation sites (tertiary alicyclic amines) is 1. The normalized spacial score (nSPS) is 28.7. The second-order valence-corrected chi connectivity index (χ2v) is 5.86. The van der Waals surface area contributed by atoms with Crippen LogP contribution in [0.15, 0.2) is 30.3 Å². The number of rotatable bonds is 1. The van der Waals surface area contributed by atoms with Crippen LogP contribution in [0.2, 0.25) is 0 Å². The smallest absolute Gasteiger partial charge is 0.0929 e. The third-order valence-electron chi connectivity index (χ3n) is 4.57. The van der Waals surface area contributed by atoms with E-state index in [4.69, 9.17) is 0 Å². The molecule has 3 nitrogen and oxygen atoms in total. The minimum absolute atomic E-state index is 0.540. The van der Waals surface area contributed by atoms with E-state index in [1.165, 1.54) is 18.2 Å². The van der Waals surface area contributed by atoms with Gasteiger partial charge in [-0.1, -0.05) is 18.2 Å². The molecule has 100 valence electrons. The van der Waals surface area contributed by atoms with Gasteiger partial charge < -0.3 is 4.90 Å². The first-order valence-corrected chi connectivity index (χ1v) is 7.09. The second kappa shape index (κ2) is 4.89. The lowest BCUT2D eigenvalue weighted by Crippen LogP contribution is -2.43. The molecule has 1 saturated heterocycles.